The minimum absolute atomic E-state index is 0.365. The van der Waals surface area contributed by atoms with Crippen LogP contribution in [0, 0.1) is 13.8 Å². The molecule has 0 N–H and O–H groups in total. The van der Waals surface area contributed by atoms with Crippen LogP contribution in [0.2, 0.25) is 0 Å². The molecule has 0 aliphatic carbocycles. The summed E-state index contributed by atoms with van der Waals surface area (Å²) < 4.78 is 8.51. The second-order valence-corrected chi connectivity index (χ2v) is 5.16. The molecule has 0 amide bonds. The second kappa shape index (κ2) is 5.57. The van der Waals surface area contributed by atoms with Gasteiger partial charge < -0.3 is 4.74 Å². The Labute approximate surface area is 120 Å². The van der Waals surface area contributed by atoms with Crippen LogP contribution in [0.5, 0.6) is 5.75 Å². The predicted molar refractivity (Wildman–Crippen MR) is 76.5 cm³/mol. The van der Waals surface area contributed by atoms with E-state index in [4.69, 9.17) is 4.74 Å². The van der Waals surface area contributed by atoms with Gasteiger partial charge in [-0.25, -0.2) is 0 Å². The van der Waals surface area contributed by atoms with Crippen LogP contribution in [-0.4, -0.2) is 16.1 Å². The summed E-state index contributed by atoms with van der Waals surface area (Å²) in [4.78, 5) is 11.0. The molecule has 0 bridgehead atoms. The van der Waals surface area contributed by atoms with Crippen molar-refractivity contribution in [1.82, 2.24) is 9.78 Å². The number of aryl methyl sites for hydroxylation is 3. The first-order valence-corrected chi connectivity index (χ1v) is 6.69. The SMILES string of the molecule is Cc1cccc(C=O)c1OCc1c(Br)c(C)nn1C. The Morgan fingerprint density at radius 3 is 2.74 bits per heavy atom. The minimum Gasteiger partial charge on any atom is -0.486 e. The van der Waals surface area contributed by atoms with Crippen LogP contribution < -0.4 is 4.74 Å². The van der Waals surface area contributed by atoms with Gasteiger partial charge in [0.2, 0.25) is 0 Å². The highest BCUT2D eigenvalue weighted by molar-refractivity contribution is 9.10. The number of hydrogen-bond acceptors (Lipinski definition) is 3. The maximum atomic E-state index is 11.0. The third-order valence-electron chi connectivity index (χ3n) is 2.98. The fourth-order valence-corrected chi connectivity index (χ4v) is 2.39. The van der Waals surface area contributed by atoms with Crippen LogP contribution in [0.4, 0.5) is 0 Å². The maximum absolute atomic E-state index is 11.0. The molecular formula is C14H15BrN2O2. The average Bonchev–Trinajstić information content (AvgIpc) is 2.62. The number of halogens is 1. The Kier molecular flexibility index (Phi) is 4.04. The summed E-state index contributed by atoms with van der Waals surface area (Å²) in [7, 11) is 1.87. The van der Waals surface area contributed by atoms with Crippen molar-refractivity contribution >= 4 is 22.2 Å². The zero-order chi connectivity index (χ0) is 14.0. The first kappa shape index (κ1) is 13.8. The molecule has 0 radical (unpaired) electrons. The number of hydrogen-bond donors (Lipinski definition) is 0. The average molecular weight is 323 g/mol. The maximum Gasteiger partial charge on any atom is 0.153 e. The Hall–Kier alpha value is -1.62. The summed E-state index contributed by atoms with van der Waals surface area (Å²) in [5.74, 6) is 0.628. The number of carbonyl (C=O) groups excluding carboxylic acids is 1. The quantitative estimate of drug-likeness (QED) is 0.812. The molecule has 2 rings (SSSR count). The van der Waals surface area contributed by atoms with E-state index in [9.17, 15) is 4.79 Å². The predicted octanol–water partition coefficient (Wildman–Crippen LogP) is 3.19. The van der Waals surface area contributed by atoms with E-state index in [0.29, 0.717) is 17.9 Å². The molecule has 5 heteroatoms. The number of para-hydroxylation sites is 1. The minimum atomic E-state index is 0.365. The van der Waals surface area contributed by atoms with Gasteiger partial charge in [-0.05, 0) is 41.4 Å². The van der Waals surface area contributed by atoms with Crippen LogP contribution in [0.1, 0.15) is 27.3 Å². The highest BCUT2D eigenvalue weighted by Gasteiger charge is 2.13. The molecule has 100 valence electrons. The number of carbonyl (C=O) groups is 1. The van der Waals surface area contributed by atoms with Crippen molar-refractivity contribution in [1.29, 1.82) is 0 Å². The van der Waals surface area contributed by atoms with Gasteiger partial charge in [0.15, 0.2) is 6.29 Å². The number of nitrogens with zero attached hydrogens (tertiary/aromatic N) is 2. The lowest BCUT2D eigenvalue weighted by Crippen LogP contribution is -2.05. The van der Waals surface area contributed by atoms with Gasteiger partial charge >= 0.3 is 0 Å². The van der Waals surface area contributed by atoms with E-state index in [-0.39, 0.29) is 0 Å². The molecule has 0 saturated carbocycles. The number of ether oxygens (including phenoxy) is 1. The van der Waals surface area contributed by atoms with Crippen LogP contribution in [0.15, 0.2) is 22.7 Å². The number of benzene rings is 1. The van der Waals surface area contributed by atoms with Gasteiger partial charge in [0.05, 0.1) is 21.4 Å². The Morgan fingerprint density at radius 1 is 1.42 bits per heavy atom. The zero-order valence-corrected chi connectivity index (χ0v) is 12.7. The van der Waals surface area contributed by atoms with Crippen molar-refractivity contribution in [2.45, 2.75) is 20.5 Å². The van der Waals surface area contributed by atoms with Crippen molar-refractivity contribution < 1.29 is 9.53 Å². The van der Waals surface area contributed by atoms with E-state index in [1.54, 1.807) is 10.7 Å². The first-order chi connectivity index (χ1) is 9.04. The van der Waals surface area contributed by atoms with Crippen LogP contribution in [0.3, 0.4) is 0 Å². The summed E-state index contributed by atoms with van der Waals surface area (Å²) in [6.07, 6.45) is 0.811. The Bertz CT molecular complexity index is 620. The van der Waals surface area contributed by atoms with E-state index < -0.39 is 0 Å². The standard InChI is InChI=1S/C14H15BrN2O2/c1-9-5-4-6-11(7-18)14(9)19-8-12-13(15)10(2)16-17(12)3/h4-7H,8H2,1-3H3. The lowest BCUT2D eigenvalue weighted by molar-refractivity contribution is 0.111. The van der Waals surface area contributed by atoms with Crippen molar-refractivity contribution in [2.75, 3.05) is 0 Å². The van der Waals surface area contributed by atoms with E-state index >= 15 is 0 Å². The fourth-order valence-electron chi connectivity index (χ4n) is 1.94. The number of aldehydes is 1. The van der Waals surface area contributed by atoms with E-state index in [1.807, 2.05) is 33.0 Å². The molecule has 0 spiro atoms. The molecule has 0 unspecified atom stereocenters. The lowest BCUT2D eigenvalue weighted by Gasteiger charge is -2.11. The van der Waals surface area contributed by atoms with Crippen LogP contribution in [0.25, 0.3) is 0 Å². The molecule has 2 aromatic rings. The zero-order valence-electron chi connectivity index (χ0n) is 11.1. The number of rotatable bonds is 4. The molecular weight excluding hydrogens is 308 g/mol. The molecule has 0 aliphatic heterocycles. The van der Waals surface area contributed by atoms with E-state index in [2.05, 4.69) is 21.0 Å². The summed E-state index contributed by atoms with van der Waals surface area (Å²) in [6.45, 7) is 4.22. The fraction of sp³-hybridized carbons (Fsp3) is 0.286. The molecule has 1 heterocycles. The van der Waals surface area contributed by atoms with Crippen molar-refractivity contribution in [3.63, 3.8) is 0 Å². The normalized spacial score (nSPS) is 10.5. The highest BCUT2D eigenvalue weighted by Crippen LogP contribution is 2.25. The van der Waals surface area contributed by atoms with Gasteiger partial charge in [-0.15, -0.1) is 0 Å². The van der Waals surface area contributed by atoms with Gasteiger partial charge in [0.25, 0.3) is 0 Å². The summed E-state index contributed by atoms with van der Waals surface area (Å²) >= 11 is 3.50. The summed E-state index contributed by atoms with van der Waals surface area (Å²) in [5.41, 5.74) is 3.37. The molecule has 0 atom stereocenters. The van der Waals surface area contributed by atoms with Crippen molar-refractivity contribution in [3.8, 4) is 5.75 Å². The molecule has 0 fully saturated rings. The Balaban J connectivity index is 2.26. The Morgan fingerprint density at radius 2 is 2.16 bits per heavy atom. The molecule has 1 aromatic carbocycles. The molecule has 0 saturated heterocycles. The summed E-state index contributed by atoms with van der Waals surface area (Å²) in [5, 5.41) is 4.31. The molecule has 0 aliphatic rings. The van der Waals surface area contributed by atoms with Crippen LogP contribution in [-0.2, 0) is 13.7 Å². The van der Waals surface area contributed by atoms with Gasteiger partial charge in [-0.2, -0.15) is 5.10 Å². The first-order valence-electron chi connectivity index (χ1n) is 5.90. The molecule has 1 aromatic heterocycles. The molecule has 4 nitrogen and oxygen atoms in total. The van der Waals surface area contributed by atoms with Gasteiger partial charge in [-0.1, -0.05) is 12.1 Å². The van der Waals surface area contributed by atoms with Crippen molar-refractivity contribution in [3.05, 3.63) is 45.2 Å². The monoisotopic (exact) mass is 322 g/mol. The summed E-state index contributed by atoms with van der Waals surface area (Å²) in [6, 6.07) is 5.51. The van der Waals surface area contributed by atoms with Crippen LogP contribution >= 0.6 is 15.9 Å². The topological polar surface area (TPSA) is 44.1 Å². The van der Waals surface area contributed by atoms with Gasteiger partial charge in [-0.3, -0.25) is 9.48 Å². The highest BCUT2D eigenvalue weighted by atomic mass is 79.9. The van der Waals surface area contributed by atoms with Gasteiger partial charge in [0, 0.05) is 7.05 Å². The number of aromatic nitrogens is 2. The van der Waals surface area contributed by atoms with Gasteiger partial charge in [0.1, 0.15) is 12.4 Å². The van der Waals surface area contributed by atoms with E-state index in [0.717, 1.165) is 27.7 Å². The smallest absolute Gasteiger partial charge is 0.153 e. The second-order valence-electron chi connectivity index (χ2n) is 4.37. The van der Waals surface area contributed by atoms with Crippen molar-refractivity contribution in [2.24, 2.45) is 7.05 Å². The largest absolute Gasteiger partial charge is 0.486 e. The van der Waals surface area contributed by atoms with E-state index in [1.165, 1.54) is 0 Å². The lowest BCUT2D eigenvalue weighted by atomic mass is 10.1. The third-order valence-corrected chi connectivity index (χ3v) is 4.02. The third kappa shape index (κ3) is 2.71. The molecule has 19 heavy (non-hydrogen) atoms.